The first-order valence-electron chi connectivity index (χ1n) is 10.4. The molecule has 0 spiro atoms. The van der Waals surface area contributed by atoms with Gasteiger partial charge in [-0.25, -0.2) is 23.1 Å². The summed E-state index contributed by atoms with van der Waals surface area (Å²) in [6.45, 7) is 3.56. The van der Waals surface area contributed by atoms with Gasteiger partial charge in [0.05, 0.1) is 27.4 Å². The van der Waals surface area contributed by atoms with E-state index in [1.165, 1.54) is 12.3 Å². The molecule has 3 aromatic heterocycles. The molecule has 174 valence electrons. The van der Waals surface area contributed by atoms with E-state index < -0.39 is 28.6 Å². The maximum atomic E-state index is 15.0. The molecule has 34 heavy (non-hydrogen) atoms. The van der Waals surface area contributed by atoms with E-state index in [2.05, 4.69) is 15.0 Å². The molecule has 1 aliphatic rings. The van der Waals surface area contributed by atoms with E-state index in [9.17, 15) is 18.4 Å². The highest BCUT2D eigenvalue weighted by molar-refractivity contribution is 6.33. The summed E-state index contributed by atoms with van der Waals surface area (Å²) in [5, 5.41) is -0.157. The Kier molecular flexibility index (Phi) is 5.32. The summed E-state index contributed by atoms with van der Waals surface area (Å²) in [6, 6.07) is 4.65. The molecule has 8 nitrogen and oxygen atoms in total. The molecule has 0 aliphatic carbocycles. The van der Waals surface area contributed by atoms with Crippen LogP contribution in [-0.4, -0.2) is 32.7 Å². The maximum absolute atomic E-state index is 15.0. The predicted octanol–water partition coefficient (Wildman–Crippen LogP) is 3.96. The number of nitrogens with zero attached hydrogens (tertiary/aromatic N) is 3. The Morgan fingerprint density at radius 3 is 2.62 bits per heavy atom. The highest BCUT2D eigenvalue weighted by atomic mass is 35.5. The van der Waals surface area contributed by atoms with Crippen LogP contribution in [-0.2, 0) is 0 Å². The van der Waals surface area contributed by atoms with Gasteiger partial charge in [0.15, 0.2) is 17.2 Å². The highest BCUT2D eigenvalue weighted by Crippen LogP contribution is 2.39. The average molecular weight is 487 g/mol. The number of halogens is 3. The van der Waals surface area contributed by atoms with Gasteiger partial charge in [-0.1, -0.05) is 25.4 Å². The molecule has 0 unspecified atom stereocenters. The van der Waals surface area contributed by atoms with Gasteiger partial charge in [-0.05, 0) is 24.1 Å². The zero-order chi connectivity index (χ0) is 24.1. The number of aromatic amines is 1. The third-order valence-corrected chi connectivity index (χ3v) is 5.69. The summed E-state index contributed by atoms with van der Waals surface area (Å²) in [6.07, 6.45) is 1.53. The lowest BCUT2D eigenvalue weighted by Crippen LogP contribution is -2.31. The van der Waals surface area contributed by atoms with Crippen molar-refractivity contribution in [3.05, 3.63) is 73.7 Å². The zero-order valence-electron chi connectivity index (χ0n) is 18.0. The van der Waals surface area contributed by atoms with Gasteiger partial charge in [-0.3, -0.25) is 14.8 Å². The molecule has 4 aromatic rings. The molecular formula is C23H17ClF2N4O4. The normalized spacial score (nSPS) is 13.0. The van der Waals surface area contributed by atoms with E-state index >= 15 is 0 Å². The van der Waals surface area contributed by atoms with Crippen LogP contribution in [0.3, 0.4) is 0 Å². The summed E-state index contributed by atoms with van der Waals surface area (Å²) in [5.74, 6) is -1.95. The smallest absolute Gasteiger partial charge is 0.334 e. The zero-order valence-corrected chi connectivity index (χ0v) is 18.7. The van der Waals surface area contributed by atoms with Crippen LogP contribution in [0.5, 0.6) is 11.5 Å². The summed E-state index contributed by atoms with van der Waals surface area (Å²) in [7, 11) is 0. The number of H-pyrrole nitrogens is 1. The molecule has 1 N–H and O–H groups in total. The molecule has 11 heteroatoms. The monoisotopic (exact) mass is 486 g/mol. The molecule has 0 saturated heterocycles. The number of aromatic nitrogens is 4. The number of nitrogens with one attached hydrogen (secondary N) is 1. The summed E-state index contributed by atoms with van der Waals surface area (Å²) < 4.78 is 42.2. The summed E-state index contributed by atoms with van der Waals surface area (Å²) >= 11 is 6.39. The van der Waals surface area contributed by atoms with Crippen molar-refractivity contribution >= 4 is 22.6 Å². The lowest BCUT2D eigenvalue weighted by atomic mass is 10.1. The molecular weight excluding hydrogens is 470 g/mol. The van der Waals surface area contributed by atoms with Crippen molar-refractivity contribution in [2.75, 3.05) is 13.2 Å². The summed E-state index contributed by atoms with van der Waals surface area (Å²) in [5.41, 5.74) is -1.40. The Hall–Kier alpha value is -3.79. The van der Waals surface area contributed by atoms with Crippen molar-refractivity contribution in [3.63, 3.8) is 0 Å². The van der Waals surface area contributed by atoms with Gasteiger partial charge in [0.2, 0.25) is 0 Å². The fourth-order valence-corrected chi connectivity index (χ4v) is 4.17. The Morgan fingerprint density at radius 2 is 1.85 bits per heavy atom. The Bertz CT molecular complexity index is 1580. The lowest BCUT2D eigenvalue weighted by Gasteiger charge is -2.21. The van der Waals surface area contributed by atoms with Crippen LogP contribution in [0, 0.1) is 11.6 Å². The Labute approximate surface area is 195 Å². The molecule has 4 heterocycles. The van der Waals surface area contributed by atoms with Crippen LogP contribution in [0.4, 0.5) is 8.78 Å². The van der Waals surface area contributed by atoms with Crippen molar-refractivity contribution in [1.82, 2.24) is 19.5 Å². The minimum absolute atomic E-state index is 0.0331. The van der Waals surface area contributed by atoms with Crippen molar-refractivity contribution in [2.45, 2.75) is 19.8 Å². The average Bonchev–Trinajstić information content (AvgIpc) is 2.79. The van der Waals surface area contributed by atoms with E-state index in [1.54, 1.807) is 6.07 Å². The number of rotatable bonds is 1. The van der Waals surface area contributed by atoms with Crippen LogP contribution in [0.2, 0.25) is 5.02 Å². The standard InChI is InChI=1S/C23H17ClF2N4O4/c1-10(2)17-19-15(5-6-27-17)33-7-8-34-20-14(26)4-3-13(25)16(20)18-12(24)9-11-21(28-18)30(19)23(32)29-22(11)31/h3-6,9-10H,7-8H2,1-2H3,(H,29,31,32). The molecule has 0 saturated carbocycles. The van der Waals surface area contributed by atoms with Gasteiger partial charge in [0, 0.05) is 12.3 Å². The highest BCUT2D eigenvalue weighted by Gasteiger charge is 2.26. The second-order valence-corrected chi connectivity index (χ2v) is 8.32. The molecule has 1 aromatic carbocycles. The van der Waals surface area contributed by atoms with Crippen molar-refractivity contribution in [1.29, 1.82) is 0 Å². The summed E-state index contributed by atoms with van der Waals surface area (Å²) in [4.78, 5) is 36.8. The van der Waals surface area contributed by atoms with E-state index in [-0.39, 0.29) is 57.9 Å². The molecule has 5 rings (SSSR count). The van der Waals surface area contributed by atoms with E-state index in [0.717, 1.165) is 16.7 Å². The number of hydrogen-bond donors (Lipinski definition) is 1. The van der Waals surface area contributed by atoms with Gasteiger partial charge >= 0.3 is 5.69 Å². The first-order valence-corrected chi connectivity index (χ1v) is 10.7. The number of hydrogen-bond acceptors (Lipinski definition) is 6. The second kappa shape index (κ2) is 8.21. The van der Waals surface area contributed by atoms with Gasteiger partial charge in [0.1, 0.15) is 30.5 Å². The first-order chi connectivity index (χ1) is 16.3. The fourth-order valence-electron chi connectivity index (χ4n) is 3.92. The van der Waals surface area contributed by atoms with Gasteiger partial charge in [-0.2, -0.15) is 0 Å². The van der Waals surface area contributed by atoms with Gasteiger partial charge in [-0.15, -0.1) is 0 Å². The predicted molar refractivity (Wildman–Crippen MR) is 121 cm³/mol. The minimum atomic E-state index is -0.841. The van der Waals surface area contributed by atoms with Crippen LogP contribution < -0.4 is 20.7 Å². The van der Waals surface area contributed by atoms with E-state index in [1.807, 2.05) is 13.8 Å². The molecule has 0 atom stereocenters. The number of pyridine rings is 2. The third kappa shape index (κ3) is 3.41. The van der Waals surface area contributed by atoms with E-state index in [0.29, 0.717) is 5.69 Å². The van der Waals surface area contributed by atoms with Crippen LogP contribution >= 0.6 is 11.6 Å². The molecule has 0 fully saturated rings. The molecule has 2 bridgehead atoms. The fraction of sp³-hybridized carbons (Fsp3) is 0.217. The lowest BCUT2D eigenvalue weighted by molar-refractivity contribution is 0.211. The van der Waals surface area contributed by atoms with Crippen LogP contribution in [0.15, 0.2) is 40.1 Å². The van der Waals surface area contributed by atoms with Crippen molar-refractivity contribution < 1.29 is 18.3 Å². The first kappa shape index (κ1) is 22.0. The van der Waals surface area contributed by atoms with E-state index in [4.69, 9.17) is 21.1 Å². The Balaban J connectivity index is 2.01. The SMILES string of the molecule is CC(C)c1nccc2c1-n1c(=O)[nH]c(=O)c3cc(Cl)c(nc31)-c1c(F)ccc(F)c1OCCO2. The Morgan fingerprint density at radius 1 is 1.12 bits per heavy atom. The largest absolute Gasteiger partial charge is 0.488 e. The van der Waals surface area contributed by atoms with Crippen LogP contribution in [0.25, 0.3) is 28.0 Å². The quantitative estimate of drug-likeness (QED) is 0.437. The molecule has 0 amide bonds. The topological polar surface area (TPSA) is 99.1 Å². The number of benzene rings is 1. The van der Waals surface area contributed by atoms with Gasteiger partial charge in [0.25, 0.3) is 5.56 Å². The number of fused-ring (bicyclic) bond motifs is 5. The van der Waals surface area contributed by atoms with Crippen molar-refractivity contribution in [3.8, 4) is 28.4 Å². The second-order valence-electron chi connectivity index (χ2n) is 7.91. The van der Waals surface area contributed by atoms with Crippen molar-refractivity contribution in [2.24, 2.45) is 0 Å². The van der Waals surface area contributed by atoms with Crippen LogP contribution in [0.1, 0.15) is 25.5 Å². The van der Waals surface area contributed by atoms with Gasteiger partial charge < -0.3 is 9.47 Å². The minimum Gasteiger partial charge on any atom is -0.488 e. The third-order valence-electron chi connectivity index (χ3n) is 5.40. The molecule has 1 aliphatic heterocycles. The molecule has 0 radical (unpaired) electrons. The number of ether oxygens (including phenoxy) is 2. The maximum Gasteiger partial charge on any atom is 0.334 e.